The number of hydrogen-bond donors (Lipinski definition) is 2. The zero-order chi connectivity index (χ0) is 22.2. The van der Waals surface area contributed by atoms with Gasteiger partial charge >= 0.3 is 0 Å². The Morgan fingerprint density at radius 1 is 1.19 bits per heavy atom. The van der Waals surface area contributed by atoms with Crippen LogP contribution in [-0.2, 0) is 11.3 Å². The zero-order valence-corrected chi connectivity index (χ0v) is 17.5. The summed E-state index contributed by atoms with van der Waals surface area (Å²) in [7, 11) is 1.47. The monoisotopic (exact) mass is 424 g/mol. The second kappa shape index (κ2) is 10.2. The fourth-order valence-electron chi connectivity index (χ4n) is 2.80. The van der Waals surface area contributed by atoms with Gasteiger partial charge in [0.15, 0.2) is 23.9 Å². The van der Waals surface area contributed by atoms with Crippen molar-refractivity contribution in [3.05, 3.63) is 60.3 Å². The van der Waals surface area contributed by atoms with E-state index in [4.69, 9.17) is 9.47 Å². The topological polar surface area (TPSA) is 120 Å². The molecular weight excluding hydrogens is 400 g/mol. The maximum Gasteiger partial charge on any atom is 0.258 e. The predicted molar refractivity (Wildman–Crippen MR) is 112 cm³/mol. The van der Waals surface area contributed by atoms with Crippen molar-refractivity contribution < 1.29 is 19.1 Å². The molecule has 3 aromatic rings. The van der Waals surface area contributed by atoms with Crippen molar-refractivity contribution in [3.63, 3.8) is 0 Å². The summed E-state index contributed by atoms with van der Waals surface area (Å²) in [6, 6.07) is 8.42. The second-order valence-electron chi connectivity index (χ2n) is 6.89. The largest absolute Gasteiger partial charge is 0.493 e. The third-order valence-electron chi connectivity index (χ3n) is 4.18. The number of benzene rings is 1. The van der Waals surface area contributed by atoms with Crippen molar-refractivity contribution in [3.8, 4) is 17.3 Å². The molecule has 0 aliphatic carbocycles. The van der Waals surface area contributed by atoms with E-state index in [2.05, 4.69) is 25.7 Å². The molecule has 0 saturated heterocycles. The molecule has 2 heterocycles. The molecule has 0 unspecified atom stereocenters. The van der Waals surface area contributed by atoms with E-state index in [1.807, 2.05) is 19.9 Å². The van der Waals surface area contributed by atoms with Gasteiger partial charge in [0.1, 0.15) is 12.7 Å². The minimum Gasteiger partial charge on any atom is -0.493 e. The van der Waals surface area contributed by atoms with Crippen LogP contribution in [0.3, 0.4) is 0 Å². The van der Waals surface area contributed by atoms with E-state index < -0.39 is 0 Å². The maximum absolute atomic E-state index is 12.7. The number of carbonyl (C=O) groups is 2. The SMILES string of the molecule is COc1cc(C(=O)NCc2cccnc2-n2cncn2)ccc1OCC(=O)NC(C)C. The predicted octanol–water partition coefficient (Wildman–Crippen LogP) is 1.50. The van der Waals surface area contributed by atoms with Gasteiger partial charge in [0, 0.05) is 29.9 Å². The molecule has 0 fully saturated rings. The maximum atomic E-state index is 12.7. The van der Waals surface area contributed by atoms with Crippen LogP contribution in [0, 0.1) is 0 Å². The van der Waals surface area contributed by atoms with E-state index in [-0.39, 0.29) is 31.0 Å². The number of aromatic nitrogens is 4. The third-order valence-corrected chi connectivity index (χ3v) is 4.18. The van der Waals surface area contributed by atoms with Gasteiger partial charge in [-0.3, -0.25) is 9.59 Å². The van der Waals surface area contributed by atoms with Gasteiger partial charge in [-0.2, -0.15) is 5.10 Å². The summed E-state index contributed by atoms with van der Waals surface area (Å²) < 4.78 is 12.4. The lowest BCUT2D eigenvalue weighted by atomic mass is 10.1. The Labute approximate surface area is 179 Å². The fraction of sp³-hybridized carbons (Fsp3) is 0.286. The van der Waals surface area contributed by atoms with Crippen molar-refractivity contribution in [1.82, 2.24) is 30.4 Å². The normalized spacial score (nSPS) is 10.6. The third kappa shape index (κ3) is 5.78. The molecule has 10 nitrogen and oxygen atoms in total. The van der Waals surface area contributed by atoms with Crippen LogP contribution in [0.15, 0.2) is 49.2 Å². The lowest BCUT2D eigenvalue weighted by Gasteiger charge is -2.14. The molecule has 2 amide bonds. The van der Waals surface area contributed by atoms with Gasteiger partial charge in [0.25, 0.3) is 11.8 Å². The highest BCUT2D eigenvalue weighted by molar-refractivity contribution is 5.94. The number of nitrogens with one attached hydrogen (secondary N) is 2. The Hall–Kier alpha value is -3.95. The van der Waals surface area contributed by atoms with Crippen molar-refractivity contribution in [2.45, 2.75) is 26.4 Å². The molecular formula is C21H24N6O4. The molecule has 0 atom stereocenters. The van der Waals surface area contributed by atoms with Gasteiger partial charge in [-0.05, 0) is 38.1 Å². The van der Waals surface area contributed by atoms with Crippen LogP contribution in [0.5, 0.6) is 11.5 Å². The molecule has 2 aromatic heterocycles. The Bertz CT molecular complexity index is 1040. The van der Waals surface area contributed by atoms with Crippen LogP contribution in [0.1, 0.15) is 29.8 Å². The Morgan fingerprint density at radius 2 is 2.03 bits per heavy atom. The summed E-state index contributed by atoms with van der Waals surface area (Å²) in [5.74, 6) is 0.781. The summed E-state index contributed by atoms with van der Waals surface area (Å²) >= 11 is 0. The molecule has 162 valence electrons. The summed E-state index contributed by atoms with van der Waals surface area (Å²) in [4.78, 5) is 32.7. The first-order chi connectivity index (χ1) is 15.0. The number of nitrogens with zero attached hydrogens (tertiary/aromatic N) is 4. The van der Waals surface area contributed by atoms with E-state index in [1.54, 1.807) is 36.8 Å². The van der Waals surface area contributed by atoms with Gasteiger partial charge < -0.3 is 20.1 Å². The molecule has 2 N–H and O–H groups in total. The smallest absolute Gasteiger partial charge is 0.258 e. The summed E-state index contributed by atoms with van der Waals surface area (Å²) in [5.41, 5.74) is 1.17. The second-order valence-corrected chi connectivity index (χ2v) is 6.89. The van der Waals surface area contributed by atoms with E-state index >= 15 is 0 Å². The number of rotatable bonds is 9. The molecule has 1 aromatic carbocycles. The van der Waals surface area contributed by atoms with Crippen LogP contribution in [0.25, 0.3) is 5.82 Å². The number of hydrogen-bond acceptors (Lipinski definition) is 7. The van der Waals surface area contributed by atoms with Gasteiger partial charge in [-0.15, -0.1) is 0 Å². The first-order valence-electron chi connectivity index (χ1n) is 9.65. The zero-order valence-electron chi connectivity index (χ0n) is 17.5. The first kappa shape index (κ1) is 21.8. The van der Waals surface area contributed by atoms with Crippen molar-refractivity contribution in [2.75, 3.05) is 13.7 Å². The van der Waals surface area contributed by atoms with Crippen LogP contribution < -0.4 is 20.1 Å². The highest BCUT2D eigenvalue weighted by Gasteiger charge is 2.14. The Morgan fingerprint density at radius 3 is 2.74 bits per heavy atom. The van der Waals surface area contributed by atoms with Crippen LogP contribution in [-0.4, -0.2) is 51.3 Å². The standard InChI is InChI=1S/C21H24N6O4/c1-14(2)26-19(28)11-31-17-7-6-15(9-18(17)30-3)21(29)24-10-16-5-4-8-23-20(16)27-13-22-12-25-27/h4-9,12-14H,10-11H2,1-3H3,(H,24,29)(H,26,28). The van der Waals surface area contributed by atoms with Crippen LogP contribution in [0.4, 0.5) is 0 Å². The van der Waals surface area contributed by atoms with E-state index in [9.17, 15) is 9.59 Å². The fourth-order valence-corrected chi connectivity index (χ4v) is 2.80. The van der Waals surface area contributed by atoms with Gasteiger partial charge in [0.2, 0.25) is 0 Å². The molecule has 0 spiro atoms. The van der Waals surface area contributed by atoms with Crippen molar-refractivity contribution in [2.24, 2.45) is 0 Å². The lowest BCUT2D eigenvalue weighted by Crippen LogP contribution is -2.34. The molecule has 0 saturated carbocycles. The van der Waals surface area contributed by atoms with Crippen molar-refractivity contribution >= 4 is 11.8 Å². The lowest BCUT2D eigenvalue weighted by molar-refractivity contribution is -0.123. The van der Waals surface area contributed by atoms with Gasteiger partial charge in [0.05, 0.1) is 7.11 Å². The van der Waals surface area contributed by atoms with Gasteiger partial charge in [-0.25, -0.2) is 14.6 Å². The highest BCUT2D eigenvalue weighted by atomic mass is 16.5. The number of ether oxygens (including phenoxy) is 2. The molecule has 0 radical (unpaired) electrons. The Balaban J connectivity index is 1.65. The highest BCUT2D eigenvalue weighted by Crippen LogP contribution is 2.28. The molecule has 0 bridgehead atoms. The number of carbonyl (C=O) groups excluding carboxylic acids is 2. The number of pyridine rings is 1. The van der Waals surface area contributed by atoms with Gasteiger partial charge in [-0.1, -0.05) is 6.07 Å². The number of methoxy groups -OCH3 is 1. The molecule has 0 aliphatic heterocycles. The van der Waals surface area contributed by atoms with Crippen molar-refractivity contribution in [1.29, 1.82) is 0 Å². The summed E-state index contributed by atoms with van der Waals surface area (Å²) in [6.45, 7) is 3.84. The first-order valence-corrected chi connectivity index (χ1v) is 9.65. The molecule has 3 rings (SSSR count). The van der Waals surface area contributed by atoms with E-state index in [0.717, 1.165) is 5.56 Å². The average molecular weight is 424 g/mol. The summed E-state index contributed by atoms with van der Waals surface area (Å²) in [6.07, 6.45) is 4.60. The molecule has 0 aliphatic rings. The Kier molecular flexibility index (Phi) is 7.15. The number of amides is 2. The molecule has 31 heavy (non-hydrogen) atoms. The summed E-state index contributed by atoms with van der Waals surface area (Å²) in [5, 5.41) is 9.68. The quantitative estimate of drug-likeness (QED) is 0.534. The van der Waals surface area contributed by atoms with E-state index in [0.29, 0.717) is 22.9 Å². The molecule has 10 heteroatoms. The van der Waals surface area contributed by atoms with E-state index in [1.165, 1.54) is 18.1 Å². The minimum absolute atomic E-state index is 0.0222. The van der Waals surface area contributed by atoms with Crippen LogP contribution >= 0.6 is 0 Å². The minimum atomic E-state index is -0.296. The van der Waals surface area contributed by atoms with Crippen LogP contribution in [0.2, 0.25) is 0 Å². The average Bonchev–Trinajstić information content (AvgIpc) is 3.30.